The first-order valence-corrected chi connectivity index (χ1v) is 11.3. The van der Waals surface area contributed by atoms with E-state index in [9.17, 15) is 9.59 Å². The molecule has 0 saturated carbocycles. The number of carbonyl (C=O) groups is 2. The van der Waals surface area contributed by atoms with Crippen LogP contribution in [0.1, 0.15) is 73.5 Å². The van der Waals surface area contributed by atoms with Gasteiger partial charge in [0.1, 0.15) is 0 Å². The Morgan fingerprint density at radius 1 is 1.22 bits per heavy atom. The van der Waals surface area contributed by atoms with Crippen LogP contribution in [0.4, 0.5) is 0 Å². The summed E-state index contributed by atoms with van der Waals surface area (Å²) in [5.41, 5.74) is 1.72. The molecule has 0 radical (unpaired) electrons. The van der Waals surface area contributed by atoms with Gasteiger partial charge in [-0.3, -0.25) is 9.59 Å². The van der Waals surface area contributed by atoms with Crippen LogP contribution in [0, 0.1) is 17.3 Å². The SMILES string of the molecule is CCCNC(=O)C1CCN(C(=O)c2cc3c(s2)CCC(C(C)(C)C)C3)CC1. The normalized spacial score (nSPS) is 21.0. The van der Waals surface area contributed by atoms with E-state index in [1.54, 1.807) is 11.3 Å². The minimum absolute atomic E-state index is 0.0599. The average molecular weight is 391 g/mol. The third-order valence-corrected chi connectivity index (χ3v) is 7.45. The molecule has 1 unspecified atom stereocenters. The number of rotatable bonds is 4. The number of amides is 2. The second-order valence-corrected chi connectivity index (χ2v) is 10.4. The fourth-order valence-corrected chi connectivity index (χ4v) is 5.44. The third kappa shape index (κ3) is 4.74. The highest BCUT2D eigenvalue weighted by Gasteiger charge is 2.32. The summed E-state index contributed by atoms with van der Waals surface area (Å²) in [6.07, 6.45) is 5.94. The van der Waals surface area contributed by atoms with Crippen LogP contribution in [-0.4, -0.2) is 36.3 Å². The Hall–Kier alpha value is -1.36. The zero-order valence-electron chi connectivity index (χ0n) is 17.3. The van der Waals surface area contributed by atoms with Gasteiger partial charge in [-0.1, -0.05) is 27.7 Å². The van der Waals surface area contributed by atoms with Crippen LogP contribution in [-0.2, 0) is 17.6 Å². The zero-order valence-corrected chi connectivity index (χ0v) is 18.1. The summed E-state index contributed by atoms with van der Waals surface area (Å²) < 4.78 is 0. The molecule has 1 aromatic rings. The van der Waals surface area contributed by atoms with Crippen molar-refractivity contribution in [3.05, 3.63) is 21.4 Å². The van der Waals surface area contributed by atoms with Crippen LogP contribution >= 0.6 is 11.3 Å². The summed E-state index contributed by atoms with van der Waals surface area (Å²) in [7, 11) is 0. The van der Waals surface area contributed by atoms with E-state index >= 15 is 0 Å². The molecule has 0 bridgehead atoms. The first-order chi connectivity index (χ1) is 12.8. The Labute approximate surface area is 167 Å². The van der Waals surface area contributed by atoms with E-state index in [0.717, 1.165) is 43.5 Å². The van der Waals surface area contributed by atoms with Crippen LogP contribution in [0.5, 0.6) is 0 Å². The van der Waals surface area contributed by atoms with Crippen LogP contribution < -0.4 is 5.32 Å². The molecule has 1 aromatic heterocycles. The maximum absolute atomic E-state index is 13.0. The van der Waals surface area contributed by atoms with Crippen LogP contribution in [0.3, 0.4) is 0 Å². The summed E-state index contributed by atoms with van der Waals surface area (Å²) in [5, 5.41) is 2.99. The van der Waals surface area contributed by atoms with Crippen molar-refractivity contribution in [2.45, 2.75) is 66.2 Å². The smallest absolute Gasteiger partial charge is 0.263 e. The van der Waals surface area contributed by atoms with Gasteiger partial charge in [0, 0.05) is 30.4 Å². The molecule has 2 heterocycles. The maximum atomic E-state index is 13.0. The van der Waals surface area contributed by atoms with E-state index in [1.165, 1.54) is 16.9 Å². The molecule has 1 aliphatic carbocycles. The fraction of sp³-hybridized carbons (Fsp3) is 0.727. The molecular weight excluding hydrogens is 356 g/mol. The number of aryl methyl sites for hydroxylation is 1. The Morgan fingerprint density at radius 3 is 2.56 bits per heavy atom. The van der Waals surface area contributed by atoms with Crippen molar-refractivity contribution in [2.24, 2.45) is 17.3 Å². The third-order valence-electron chi connectivity index (χ3n) is 6.22. The van der Waals surface area contributed by atoms with E-state index in [1.807, 2.05) is 4.90 Å². The molecule has 3 rings (SSSR count). The van der Waals surface area contributed by atoms with Gasteiger partial charge in [-0.2, -0.15) is 0 Å². The average Bonchev–Trinajstić information content (AvgIpc) is 3.08. The van der Waals surface area contributed by atoms with E-state index in [-0.39, 0.29) is 17.7 Å². The van der Waals surface area contributed by atoms with Crippen LogP contribution in [0.25, 0.3) is 0 Å². The molecule has 1 saturated heterocycles. The van der Waals surface area contributed by atoms with Gasteiger partial charge in [0.2, 0.25) is 5.91 Å². The Bertz CT molecular complexity index is 681. The van der Waals surface area contributed by atoms with Crippen molar-refractivity contribution in [1.82, 2.24) is 10.2 Å². The number of carbonyl (C=O) groups excluding carboxylic acids is 2. The molecule has 5 heteroatoms. The van der Waals surface area contributed by atoms with E-state index in [0.29, 0.717) is 24.4 Å². The van der Waals surface area contributed by atoms with Gasteiger partial charge in [0.15, 0.2) is 0 Å². The molecule has 1 aliphatic heterocycles. The lowest BCUT2D eigenvalue weighted by Crippen LogP contribution is -2.43. The minimum Gasteiger partial charge on any atom is -0.356 e. The van der Waals surface area contributed by atoms with E-state index < -0.39 is 0 Å². The lowest BCUT2D eigenvalue weighted by molar-refractivity contribution is -0.126. The zero-order chi connectivity index (χ0) is 19.6. The van der Waals surface area contributed by atoms with Gasteiger partial charge < -0.3 is 10.2 Å². The number of hydrogen-bond acceptors (Lipinski definition) is 3. The predicted molar refractivity (Wildman–Crippen MR) is 111 cm³/mol. The fourth-order valence-electron chi connectivity index (χ4n) is 4.26. The van der Waals surface area contributed by atoms with Gasteiger partial charge in [0.05, 0.1) is 4.88 Å². The van der Waals surface area contributed by atoms with E-state index in [2.05, 4.69) is 39.1 Å². The van der Waals surface area contributed by atoms with Gasteiger partial charge in [-0.15, -0.1) is 11.3 Å². The van der Waals surface area contributed by atoms with Gasteiger partial charge in [0.25, 0.3) is 5.91 Å². The molecule has 1 N–H and O–H groups in total. The second kappa shape index (κ2) is 8.34. The lowest BCUT2D eigenvalue weighted by Gasteiger charge is -2.33. The number of hydrogen-bond donors (Lipinski definition) is 1. The van der Waals surface area contributed by atoms with Crippen molar-refractivity contribution >= 4 is 23.2 Å². The first-order valence-electron chi connectivity index (χ1n) is 10.5. The Balaban J connectivity index is 1.59. The number of fused-ring (bicyclic) bond motifs is 1. The number of likely N-dealkylation sites (tertiary alicyclic amines) is 1. The van der Waals surface area contributed by atoms with Gasteiger partial charge in [-0.25, -0.2) is 0 Å². The van der Waals surface area contributed by atoms with Crippen molar-refractivity contribution in [1.29, 1.82) is 0 Å². The highest BCUT2D eigenvalue weighted by Crippen LogP contribution is 2.40. The first kappa shape index (κ1) is 20.4. The van der Waals surface area contributed by atoms with Crippen molar-refractivity contribution in [3.8, 4) is 0 Å². The molecule has 0 spiro atoms. The number of thiophene rings is 1. The predicted octanol–water partition coefficient (Wildman–Crippen LogP) is 4.28. The van der Waals surface area contributed by atoms with Crippen molar-refractivity contribution < 1.29 is 9.59 Å². The summed E-state index contributed by atoms with van der Waals surface area (Å²) >= 11 is 1.70. The highest BCUT2D eigenvalue weighted by molar-refractivity contribution is 7.14. The minimum atomic E-state index is 0.0599. The summed E-state index contributed by atoms with van der Waals surface area (Å²) in [5.74, 6) is 1.07. The van der Waals surface area contributed by atoms with Crippen LogP contribution in [0.2, 0.25) is 0 Å². The second-order valence-electron chi connectivity index (χ2n) is 9.22. The van der Waals surface area contributed by atoms with Crippen LogP contribution in [0.15, 0.2) is 6.07 Å². The lowest BCUT2D eigenvalue weighted by atomic mass is 9.72. The Morgan fingerprint density at radius 2 is 1.93 bits per heavy atom. The molecule has 0 aromatic carbocycles. The van der Waals surface area contributed by atoms with Gasteiger partial charge >= 0.3 is 0 Å². The molecule has 1 fully saturated rings. The summed E-state index contributed by atoms with van der Waals surface area (Å²) in [6.45, 7) is 11.2. The molecule has 1 atom stereocenters. The molecule has 150 valence electrons. The summed E-state index contributed by atoms with van der Waals surface area (Å²) in [4.78, 5) is 29.4. The number of nitrogens with one attached hydrogen (secondary N) is 1. The molecule has 2 amide bonds. The van der Waals surface area contributed by atoms with Crippen molar-refractivity contribution in [3.63, 3.8) is 0 Å². The maximum Gasteiger partial charge on any atom is 0.263 e. The molecule has 4 nitrogen and oxygen atoms in total. The summed E-state index contributed by atoms with van der Waals surface area (Å²) in [6, 6.07) is 2.15. The van der Waals surface area contributed by atoms with E-state index in [4.69, 9.17) is 0 Å². The molecule has 27 heavy (non-hydrogen) atoms. The topological polar surface area (TPSA) is 49.4 Å². The quantitative estimate of drug-likeness (QED) is 0.834. The Kier molecular flexibility index (Phi) is 6.29. The van der Waals surface area contributed by atoms with Crippen molar-refractivity contribution in [2.75, 3.05) is 19.6 Å². The number of nitrogens with zero attached hydrogens (tertiary/aromatic N) is 1. The largest absolute Gasteiger partial charge is 0.356 e. The molecule has 2 aliphatic rings. The standard InChI is InChI=1S/C22H34N2O2S/c1-5-10-23-20(25)15-8-11-24(12-9-15)21(26)19-14-16-13-17(22(2,3)4)6-7-18(16)27-19/h14-15,17H,5-13H2,1-4H3,(H,23,25). The number of piperidine rings is 1. The highest BCUT2D eigenvalue weighted by atomic mass is 32.1. The molecular formula is C22H34N2O2S. The van der Waals surface area contributed by atoms with Gasteiger partial charge in [-0.05, 0) is 61.5 Å². The monoisotopic (exact) mass is 390 g/mol.